The fraction of sp³-hybridized carbons (Fsp3) is 0.150. The van der Waals surface area contributed by atoms with Gasteiger partial charge < -0.3 is 4.74 Å². The molecular weight excluding hydrogens is 270 g/mol. The van der Waals surface area contributed by atoms with Gasteiger partial charge in [0.05, 0.1) is 12.0 Å². The number of rotatable bonds is 4. The van der Waals surface area contributed by atoms with E-state index < -0.39 is 0 Å². The van der Waals surface area contributed by atoms with Crippen LogP contribution in [0.5, 0.6) is 0 Å². The standard InChI is InChI=1S/C20H19NO/c1-3-14-21-19-20(2,17-12-8-5-9-13-17)15-18(22-19)16-10-6-4-7-11-16/h3-13,15H,1,14H2,2H3. The number of hydrogen-bond acceptors (Lipinski definition) is 2. The molecule has 1 unspecified atom stereocenters. The van der Waals surface area contributed by atoms with Crippen LogP contribution in [0.25, 0.3) is 5.76 Å². The third-order valence-corrected chi connectivity index (χ3v) is 3.87. The van der Waals surface area contributed by atoms with Crippen molar-refractivity contribution in [3.63, 3.8) is 0 Å². The summed E-state index contributed by atoms with van der Waals surface area (Å²) in [5.41, 5.74) is 1.88. The molecule has 1 aliphatic rings. The van der Waals surface area contributed by atoms with Gasteiger partial charge in [0, 0.05) is 5.56 Å². The Labute approximate surface area is 131 Å². The van der Waals surface area contributed by atoms with E-state index in [1.165, 1.54) is 5.56 Å². The largest absolute Gasteiger partial charge is 0.442 e. The molecule has 0 aromatic heterocycles. The molecule has 0 spiro atoms. The molecule has 2 heteroatoms. The molecule has 0 bridgehead atoms. The van der Waals surface area contributed by atoms with Crippen molar-refractivity contribution in [3.05, 3.63) is 90.5 Å². The SMILES string of the molecule is C=CCN=C1OC(c2ccccc2)=CC1(C)c1ccccc1. The normalized spacial score (nSPS) is 22.2. The van der Waals surface area contributed by atoms with Crippen LogP contribution in [0, 0.1) is 0 Å². The lowest BCUT2D eigenvalue weighted by Crippen LogP contribution is -2.27. The van der Waals surface area contributed by atoms with Gasteiger partial charge in [-0.15, -0.1) is 6.58 Å². The van der Waals surface area contributed by atoms with Gasteiger partial charge in [0.25, 0.3) is 0 Å². The Balaban J connectivity index is 2.07. The summed E-state index contributed by atoms with van der Waals surface area (Å²) in [4.78, 5) is 4.57. The second kappa shape index (κ2) is 6.02. The molecule has 0 amide bonds. The first kappa shape index (κ1) is 14.3. The number of nitrogens with zero attached hydrogens (tertiary/aromatic N) is 1. The first-order valence-corrected chi connectivity index (χ1v) is 7.41. The summed E-state index contributed by atoms with van der Waals surface area (Å²) in [6, 6.07) is 20.4. The van der Waals surface area contributed by atoms with E-state index in [0.717, 1.165) is 17.2 Å². The molecule has 1 atom stereocenters. The quantitative estimate of drug-likeness (QED) is 0.754. The van der Waals surface area contributed by atoms with Gasteiger partial charge in [-0.25, -0.2) is 0 Å². The van der Waals surface area contributed by atoms with E-state index in [1.54, 1.807) is 6.08 Å². The molecule has 0 radical (unpaired) electrons. The van der Waals surface area contributed by atoms with Crippen molar-refractivity contribution < 1.29 is 4.74 Å². The smallest absolute Gasteiger partial charge is 0.204 e. The fourth-order valence-corrected chi connectivity index (χ4v) is 2.64. The average Bonchev–Trinajstić information content (AvgIpc) is 2.93. The first-order valence-electron chi connectivity index (χ1n) is 7.41. The maximum Gasteiger partial charge on any atom is 0.204 e. The second-order valence-electron chi connectivity index (χ2n) is 5.48. The van der Waals surface area contributed by atoms with Gasteiger partial charge in [0.1, 0.15) is 5.76 Å². The van der Waals surface area contributed by atoms with Crippen molar-refractivity contribution in [3.8, 4) is 0 Å². The van der Waals surface area contributed by atoms with Crippen LogP contribution in [0.15, 0.2) is 84.4 Å². The molecule has 110 valence electrons. The Morgan fingerprint density at radius 1 is 1.05 bits per heavy atom. The molecule has 0 aliphatic carbocycles. The van der Waals surface area contributed by atoms with E-state index in [-0.39, 0.29) is 5.41 Å². The highest BCUT2D eigenvalue weighted by atomic mass is 16.5. The molecule has 2 aromatic carbocycles. The highest BCUT2D eigenvalue weighted by molar-refractivity contribution is 5.99. The predicted octanol–water partition coefficient (Wildman–Crippen LogP) is 4.60. The summed E-state index contributed by atoms with van der Waals surface area (Å²) in [7, 11) is 0. The Kier molecular flexibility index (Phi) is 3.92. The van der Waals surface area contributed by atoms with E-state index in [4.69, 9.17) is 4.74 Å². The van der Waals surface area contributed by atoms with Crippen LogP contribution in [0.3, 0.4) is 0 Å². The first-order chi connectivity index (χ1) is 10.7. The van der Waals surface area contributed by atoms with Gasteiger partial charge in [0.2, 0.25) is 5.90 Å². The van der Waals surface area contributed by atoms with Crippen molar-refractivity contribution in [1.29, 1.82) is 0 Å². The van der Waals surface area contributed by atoms with Crippen LogP contribution in [0.2, 0.25) is 0 Å². The molecule has 0 fully saturated rings. The van der Waals surface area contributed by atoms with Crippen molar-refractivity contribution in [2.24, 2.45) is 4.99 Å². The molecule has 0 N–H and O–H groups in total. The van der Waals surface area contributed by atoms with Gasteiger partial charge in [0.15, 0.2) is 0 Å². The molecular formula is C20H19NO. The average molecular weight is 289 g/mol. The highest BCUT2D eigenvalue weighted by Crippen LogP contribution is 2.38. The monoisotopic (exact) mass is 289 g/mol. The molecule has 2 nitrogen and oxygen atoms in total. The third kappa shape index (κ3) is 2.60. The summed E-state index contributed by atoms with van der Waals surface area (Å²) in [6.07, 6.45) is 3.93. The topological polar surface area (TPSA) is 21.6 Å². The highest BCUT2D eigenvalue weighted by Gasteiger charge is 2.39. The summed E-state index contributed by atoms with van der Waals surface area (Å²) >= 11 is 0. The molecule has 3 rings (SSSR count). The van der Waals surface area contributed by atoms with E-state index in [1.807, 2.05) is 48.5 Å². The van der Waals surface area contributed by atoms with E-state index in [0.29, 0.717) is 6.54 Å². The minimum absolute atomic E-state index is 0.352. The summed E-state index contributed by atoms with van der Waals surface area (Å²) < 4.78 is 6.08. The van der Waals surface area contributed by atoms with E-state index in [2.05, 4.69) is 36.7 Å². The lowest BCUT2D eigenvalue weighted by molar-refractivity contribution is 0.491. The zero-order valence-electron chi connectivity index (χ0n) is 12.7. The van der Waals surface area contributed by atoms with Crippen molar-refractivity contribution in [1.82, 2.24) is 0 Å². The number of hydrogen-bond donors (Lipinski definition) is 0. The van der Waals surface area contributed by atoms with Gasteiger partial charge in [-0.05, 0) is 18.6 Å². The molecule has 0 saturated carbocycles. The maximum atomic E-state index is 6.08. The summed E-state index contributed by atoms with van der Waals surface area (Å²) in [6.45, 7) is 6.43. The Morgan fingerprint density at radius 3 is 2.32 bits per heavy atom. The van der Waals surface area contributed by atoms with Crippen molar-refractivity contribution in [2.45, 2.75) is 12.3 Å². The molecule has 1 heterocycles. The van der Waals surface area contributed by atoms with Gasteiger partial charge >= 0.3 is 0 Å². The molecule has 0 saturated heterocycles. The van der Waals surface area contributed by atoms with Gasteiger partial charge in [-0.2, -0.15) is 0 Å². The Hall–Kier alpha value is -2.61. The lowest BCUT2D eigenvalue weighted by Gasteiger charge is -2.21. The Morgan fingerprint density at radius 2 is 1.68 bits per heavy atom. The second-order valence-corrected chi connectivity index (χ2v) is 5.48. The predicted molar refractivity (Wildman–Crippen MR) is 91.8 cm³/mol. The van der Waals surface area contributed by atoms with Gasteiger partial charge in [-0.3, -0.25) is 4.99 Å². The van der Waals surface area contributed by atoms with Crippen LogP contribution in [0.1, 0.15) is 18.1 Å². The fourth-order valence-electron chi connectivity index (χ4n) is 2.64. The molecule has 1 aliphatic heterocycles. The van der Waals surface area contributed by atoms with E-state index in [9.17, 15) is 0 Å². The zero-order chi connectivity index (χ0) is 15.4. The van der Waals surface area contributed by atoms with Gasteiger partial charge in [-0.1, -0.05) is 66.7 Å². The third-order valence-electron chi connectivity index (χ3n) is 3.87. The Bertz CT molecular complexity index is 716. The minimum Gasteiger partial charge on any atom is -0.442 e. The van der Waals surface area contributed by atoms with Crippen LogP contribution < -0.4 is 0 Å². The van der Waals surface area contributed by atoms with Crippen molar-refractivity contribution in [2.75, 3.05) is 6.54 Å². The molecule has 2 aromatic rings. The number of aliphatic imine (C=N–C) groups is 1. The maximum absolute atomic E-state index is 6.08. The van der Waals surface area contributed by atoms with E-state index >= 15 is 0 Å². The van der Waals surface area contributed by atoms with Crippen LogP contribution in [-0.2, 0) is 10.2 Å². The van der Waals surface area contributed by atoms with Crippen LogP contribution >= 0.6 is 0 Å². The lowest BCUT2D eigenvalue weighted by atomic mass is 9.82. The van der Waals surface area contributed by atoms with Crippen molar-refractivity contribution >= 4 is 11.7 Å². The van der Waals surface area contributed by atoms with Crippen LogP contribution in [-0.4, -0.2) is 12.4 Å². The zero-order valence-corrected chi connectivity index (χ0v) is 12.7. The minimum atomic E-state index is -0.352. The molecule has 22 heavy (non-hydrogen) atoms. The number of ether oxygens (including phenoxy) is 1. The summed E-state index contributed by atoms with van der Waals surface area (Å²) in [5.74, 6) is 1.58. The number of benzene rings is 2. The summed E-state index contributed by atoms with van der Waals surface area (Å²) in [5, 5.41) is 0. The van der Waals surface area contributed by atoms with Crippen LogP contribution in [0.4, 0.5) is 0 Å².